The molecule has 0 radical (unpaired) electrons. The molecule has 21 heavy (non-hydrogen) atoms. The number of halogens is 1. The number of aromatic nitrogens is 4. The number of aliphatic imine (C=N–C) groups is 1. The summed E-state index contributed by atoms with van der Waals surface area (Å²) in [7, 11) is 3.70. The minimum Gasteiger partial charge on any atom is -0.356 e. The Labute approximate surface area is 141 Å². The molecule has 0 spiro atoms. The number of nitrogens with zero attached hydrogens (tertiary/aromatic N) is 5. The second-order valence-corrected chi connectivity index (χ2v) is 4.42. The molecule has 0 bridgehead atoms. The molecule has 0 amide bonds. The number of guanidine groups is 1. The molecule has 2 N–H and O–H groups in total. The van der Waals surface area contributed by atoms with Gasteiger partial charge in [0.05, 0.1) is 12.2 Å². The summed E-state index contributed by atoms with van der Waals surface area (Å²) in [5.41, 5.74) is 1.12. The molecule has 2 aromatic heterocycles. The Morgan fingerprint density at radius 1 is 1.29 bits per heavy atom. The predicted molar refractivity (Wildman–Crippen MR) is 93.7 cm³/mol. The molecule has 0 unspecified atom stereocenters. The third kappa shape index (κ3) is 5.74. The molecule has 2 aromatic rings. The first-order valence-corrected chi connectivity index (χ1v) is 6.68. The summed E-state index contributed by atoms with van der Waals surface area (Å²) in [5.74, 6) is 0.798. The summed E-state index contributed by atoms with van der Waals surface area (Å²) in [4.78, 5) is 4.19. The van der Waals surface area contributed by atoms with Crippen LogP contribution in [0.1, 0.15) is 12.1 Å². The van der Waals surface area contributed by atoms with Gasteiger partial charge < -0.3 is 10.6 Å². The maximum absolute atomic E-state index is 4.19. The molecule has 7 nitrogen and oxygen atoms in total. The number of hydrogen-bond donors (Lipinski definition) is 2. The zero-order valence-electron chi connectivity index (χ0n) is 12.4. The van der Waals surface area contributed by atoms with Gasteiger partial charge in [-0.25, -0.2) is 0 Å². The van der Waals surface area contributed by atoms with E-state index in [-0.39, 0.29) is 24.0 Å². The molecule has 0 atom stereocenters. The van der Waals surface area contributed by atoms with Gasteiger partial charge in [-0.2, -0.15) is 10.2 Å². The van der Waals surface area contributed by atoms with E-state index in [1.54, 1.807) is 19.4 Å². The number of aryl methyl sites for hydroxylation is 2. The topological polar surface area (TPSA) is 72.1 Å². The highest BCUT2D eigenvalue weighted by Crippen LogP contribution is 1.94. The van der Waals surface area contributed by atoms with Crippen LogP contribution in [0.4, 0.5) is 0 Å². The van der Waals surface area contributed by atoms with E-state index in [4.69, 9.17) is 0 Å². The standard InChI is InChI=1S/C13H21N7.HI/c1-14-13(16-11-12-5-8-17-19(12)2)15-6-3-9-20-10-4-7-18-20;/h4-5,7-8,10H,3,6,9,11H2,1-2H3,(H2,14,15,16);1H. The van der Waals surface area contributed by atoms with E-state index in [9.17, 15) is 0 Å². The first-order valence-electron chi connectivity index (χ1n) is 6.68. The zero-order chi connectivity index (χ0) is 14.2. The molecule has 0 aliphatic rings. The van der Waals surface area contributed by atoms with E-state index >= 15 is 0 Å². The molecule has 2 rings (SSSR count). The van der Waals surface area contributed by atoms with Crippen molar-refractivity contribution in [2.24, 2.45) is 12.0 Å². The number of nitrogens with one attached hydrogen (secondary N) is 2. The molecule has 8 heteroatoms. The van der Waals surface area contributed by atoms with Crippen LogP contribution in [0.2, 0.25) is 0 Å². The van der Waals surface area contributed by atoms with Crippen molar-refractivity contribution in [1.29, 1.82) is 0 Å². The molecule has 116 valence electrons. The summed E-state index contributed by atoms with van der Waals surface area (Å²) in [6.45, 7) is 2.46. The normalized spacial score (nSPS) is 11.0. The van der Waals surface area contributed by atoms with Gasteiger partial charge in [-0.3, -0.25) is 14.4 Å². The average molecular weight is 403 g/mol. The van der Waals surface area contributed by atoms with E-state index in [1.807, 2.05) is 34.7 Å². The Kier molecular flexibility index (Phi) is 7.80. The maximum atomic E-state index is 4.19. The van der Waals surface area contributed by atoms with E-state index in [2.05, 4.69) is 25.8 Å². The Balaban J connectivity index is 0.00000220. The van der Waals surface area contributed by atoms with Crippen LogP contribution in [0, 0.1) is 0 Å². The van der Waals surface area contributed by atoms with Crippen molar-refractivity contribution in [1.82, 2.24) is 30.2 Å². The largest absolute Gasteiger partial charge is 0.356 e. The van der Waals surface area contributed by atoms with E-state index in [0.29, 0.717) is 6.54 Å². The fraction of sp³-hybridized carbons (Fsp3) is 0.462. The molecule has 0 aliphatic carbocycles. The van der Waals surface area contributed by atoms with E-state index in [1.165, 1.54) is 0 Å². The molecule has 2 heterocycles. The zero-order valence-corrected chi connectivity index (χ0v) is 14.7. The van der Waals surface area contributed by atoms with Gasteiger partial charge in [0.25, 0.3) is 0 Å². The van der Waals surface area contributed by atoms with Crippen LogP contribution >= 0.6 is 24.0 Å². The fourth-order valence-electron chi connectivity index (χ4n) is 1.85. The summed E-state index contributed by atoms with van der Waals surface area (Å²) >= 11 is 0. The highest BCUT2D eigenvalue weighted by atomic mass is 127. The lowest BCUT2D eigenvalue weighted by Crippen LogP contribution is -2.37. The second kappa shape index (κ2) is 9.37. The van der Waals surface area contributed by atoms with Gasteiger partial charge >= 0.3 is 0 Å². The van der Waals surface area contributed by atoms with Crippen molar-refractivity contribution in [3.8, 4) is 0 Å². The minimum absolute atomic E-state index is 0. The predicted octanol–water partition coefficient (Wildman–Crippen LogP) is 0.990. The summed E-state index contributed by atoms with van der Waals surface area (Å²) in [6, 6.07) is 3.92. The van der Waals surface area contributed by atoms with Crippen LogP contribution in [0.25, 0.3) is 0 Å². The summed E-state index contributed by atoms with van der Waals surface area (Å²) < 4.78 is 3.77. The van der Waals surface area contributed by atoms with Gasteiger partial charge in [0.2, 0.25) is 0 Å². The van der Waals surface area contributed by atoms with Crippen LogP contribution in [-0.2, 0) is 20.1 Å². The van der Waals surface area contributed by atoms with Crippen molar-refractivity contribution in [3.05, 3.63) is 36.4 Å². The monoisotopic (exact) mass is 403 g/mol. The van der Waals surface area contributed by atoms with E-state index in [0.717, 1.165) is 31.2 Å². The number of rotatable bonds is 6. The van der Waals surface area contributed by atoms with Crippen LogP contribution in [0.5, 0.6) is 0 Å². The average Bonchev–Trinajstić information content (AvgIpc) is 3.10. The Bertz CT molecular complexity index is 532. The molecule has 0 fully saturated rings. The van der Waals surface area contributed by atoms with Crippen molar-refractivity contribution < 1.29 is 0 Å². The van der Waals surface area contributed by atoms with E-state index < -0.39 is 0 Å². The third-order valence-electron chi connectivity index (χ3n) is 3.00. The molecular formula is C13H22IN7. The first-order chi connectivity index (χ1) is 9.79. The lowest BCUT2D eigenvalue weighted by Gasteiger charge is -2.12. The van der Waals surface area contributed by atoms with Gasteiger partial charge in [-0.1, -0.05) is 0 Å². The SMILES string of the molecule is CN=C(NCCCn1cccn1)NCc1ccnn1C.I. The smallest absolute Gasteiger partial charge is 0.191 e. The van der Waals surface area contributed by atoms with Crippen LogP contribution < -0.4 is 10.6 Å². The van der Waals surface area contributed by atoms with Crippen LogP contribution in [-0.4, -0.2) is 39.1 Å². The van der Waals surface area contributed by atoms with Crippen molar-refractivity contribution in [2.75, 3.05) is 13.6 Å². The first kappa shape index (κ1) is 17.5. The second-order valence-electron chi connectivity index (χ2n) is 4.42. The fourth-order valence-corrected chi connectivity index (χ4v) is 1.85. The highest BCUT2D eigenvalue weighted by Gasteiger charge is 2.01. The summed E-state index contributed by atoms with van der Waals surface area (Å²) in [6.07, 6.45) is 6.54. The quantitative estimate of drug-likeness (QED) is 0.327. The van der Waals surface area contributed by atoms with Gasteiger partial charge in [-0.15, -0.1) is 24.0 Å². The lowest BCUT2D eigenvalue weighted by molar-refractivity contribution is 0.569. The van der Waals surface area contributed by atoms with Crippen molar-refractivity contribution in [3.63, 3.8) is 0 Å². The molecular weight excluding hydrogens is 381 g/mol. The Morgan fingerprint density at radius 3 is 2.76 bits per heavy atom. The van der Waals surface area contributed by atoms with Crippen LogP contribution in [0.15, 0.2) is 35.7 Å². The number of hydrogen-bond acceptors (Lipinski definition) is 3. The summed E-state index contributed by atoms with van der Waals surface area (Å²) in [5, 5.41) is 14.8. The highest BCUT2D eigenvalue weighted by molar-refractivity contribution is 14.0. The lowest BCUT2D eigenvalue weighted by atomic mass is 10.4. The Hall–Kier alpha value is -1.58. The Morgan fingerprint density at radius 2 is 2.14 bits per heavy atom. The molecule has 0 saturated carbocycles. The third-order valence-corrected chi connectivity index (χ3v) is 3.00. The molecule has 0 aliphatic heterocycles. The van der Waals surface area contributed by atoms with Gasteiger partial charge in [0, 0.05) is 45.8 Å². The minimum atomic E-state index is 0. The molecule has 0 aromatic carbocycles. The molecule has 0 saturated heterocycles. The van der Waals surface area contributed by atoms with Crippen molar-refractivity contribution >= 4 is 29.9 Å². The maximum Gasteiger partial charge on any atom is 0.191 e. The van der Waals surface area contributed by atoms with Gasteiger partial charge in [0.15, 0.2) is 5.96 Å². The van der Waals surface area contributed by atoms with Crippen molar-refractivity contribution in [2.45, 2.75) is 19.5 Å². The van der Waals surface area contributed by atoms with Gasteiger partial charge in [-0.05, 0) is 18.6 Å². The van der Waals surface area contributed by atoms with Gasteiger partial charge in [0.1, 0.15) is 0 Å². The van der Waals surface area contributed by atoms with Crippen LogP contribution in [0.3, 0.4) is 0 Å².